The Kier molecular flexibility index (Phi) is 5.82. The van der Waals surface area contributed by atoms with Gasteiger partial charge in [0.25, 0.3) is 5.91 Å². The molecule has 3 aliphatic rings. The fourth-order valence-electron chi connectivity index (χ4n) is 4.26. The number of likely N-dealkylation sites (tertiary alicyclic amines) is 1. The van der Waals surface area contributed by atoms with E-state index in [0.717, 1.165) is 37.0 Å². The molecule has 3 rings (SSSR count). The van der Waals surface area contributed by atoms with Crippen LogP contribution in [-0.2, 0) is 14.3 Å². The second-order valence-corrected chi connectivity index (χ2v) is 7.61. The molecule has 0 bridgehead atoms. The minimum Gasteiger partial charge on any atom is -0.378 e. The molecule has 1 saturated carbocycles. The Labute approximate surface area is 154 Å². The molecule has 1 spiro atoms. The van der Waals surface area contributed by atoms with Crippen LogP contribution in [0.4, 0.5) is 4.79 Å². The molecule has 1 aliphatic carbocycles. The minimum absolute atomic E-state index is 0.152. The van der Waals surface area contributed by atoms with E-state index in [-0.39, 0.29) is 17.9 Å². The first kappa shape index (κ1) is 19.1. The van der Waals surface area contributed by atoms with Gasteiger partial charge in [0, 0.05) is 19.7 Å². The highest BCUT2D eigenvalue weighted by atomic mass is 16.5. The molecular formula is C18H30N4O4. The number of imide groups is 1. The van der Waals surface area contributed by atoms with Crippen LogP contribution in [0, 0.1) is 0 Å². The molecule has 0 aromatic heterocycles. The van der Waals surface area contributed by atoms with E-state index in [1.807, 2.05) is 0 Å². The largest absolute Gasteiger partial charge is 0.378 e. The van der Waals surface area contributed by atoms with E-state index in [4.69, 9.17) is 10.5 Å². The molecule has 0 aromatic carbocycles. The molecule has 2 heterocycles. The molecule has 1 atom stereocenters. The van der Waals surface area contributed by atoms with Gasteiger partial charge in [0.1, 0.15) is 11.6 Å². The SMILES string of the molecule is CC(C(=O)N1CCC(OCCCN)CC1)N1C(=O)NC2(CCCC2)C1=O. The van der Waals surface area contributed by atoms with E-state index < -0.39 is 17.6 Å². The zero-order valence-corrected chi connectivity index (χ0v) is 15.5. The summed E-state index contributed by atoms with van der Waals surface area (Å²) in [6, 6.07) is -1.20. The van der Waals surface area contributed by atoms with Crippen molar-refractivity contribution in [2.24, 2.45) is 5.73 Å². The highest BCUT2D eigenvalue weighted by Crippen LogP contribution is 2.36. The number of nitrogens with one attached hydrogen (secondary N) is 1. The van der Waals surface area contributed by atoms with Crippen molar-refractivity contribution in [3.63, 3.8) is 0 Å². The average Bonchev–Trinajstić information content (AvgIpc) is 3.20. The van der Waals surface area contributed by atoms with Crippen LogP contribution < -0.4 is 11.1 Å². The lowest BCUT2D eigenvalue weighted by Crippen LogP contribution is -2.53. The average molecular weight is 366 g/mol. The van der Waals surface area contributed by atoms with Crippen LogP contribution in [0.2, 0.25) is 0 Å². The van der Waals surface area contributed by atoms with Crippen LogP contribution >= 0.6 is 0 Å². The third-order valence-electron chi connectivity index (χ3n) is 5.85. The number of carbonyl (C=O) groups excluding carboxylic acids is 3. The van der Waals surface area contributed by atoms with Crippen molar-refractivity contribution in [1.82, 2.24) is 15.1 Å². The predicted octanol–water partition coefficient (Wildman–Crippen LogP) is 0.596. The smallest absolute Gasteiger partial charge is 0.325 e. The van der Waals surface area contributed by atoms with E-state index in [1.54, 1.807) is 11.8 Å². The minimum atomic E-state index is -0.768. The van der Waals surface area contributed by atoms with Gasteiger partial charge in [0.05, 0.1) is 6.10 Å². The number of hydrogen-bond acceptors (Lipinski definition) is 5. The van der Waals surface area contributed by atoms with Crippen LogP contribution in [0.3, 0.4) is 0 Å². The summed E-state index contributed by atoms with van der Waals surface area (Å²) in [5.74, 6) is -0.398. The molecule has 4 amide bonds. The van der Waals surface area contributed by atoms with Gasteiger partial charge in [-0.15, -0.1) is 0 Å². The van der Waals surface area contributed by atoms with Crippen molar-refractivity contribution >= 4 is 17.8 Å². The van der Waals surface area contributed by atoms with Crippen molar-refractivity contribution in [3.8, 4) is 0 Å². The highest BCUT2D eigenvalue weighted by molar-refractivity contribution is 6.09. The number of rotatable bonds is 6. The van der Waals surface area contributed by atoms with Gasteiger partial charge >= 0.3 is 6.03 Å². The van der Waals surface area contributed by atoms with Gasteiger partial charge in [0.2, 0.25) is 5.91 Å². The van der Waals surface area contributed by atoms with E-state index in [9.17, 15) is 14.4 Å². The van der Waals surface area contributed by atoms with Gasteiger partial charge in [-0.25, -0.2) is 9.69 Å². The van der Waals surface area contributed by atoms with Crippen molar-refractivity contribution in [3.05, 3.63) is 0 Å². The van der Waals surface area contributed by atoms with Crippen LogP contribution in [0.15, 0.2) is 0 Å². The molecule has 0 aromatic rings. The summed E-state index contributed by atoms with van der Waals surface area (Å²) in [4.78, 5) is 40.9. The molecular weight excluding hydrogens is 336 g/mol. The van der Waals surface area contributed by atoms with Gasteiger partial charge in [0.15, 0.2) is 0 Å². The number of ether oxygens (including phenoxy) is 1. The molecule has 8 heteroatoms. The standard InChI is InChI=1S/C18H30N4O4/c1-13(22-16(24)18(20-17(22)25)7-2-3-8-18)15(23)21-10-5-14(6-11-21)26-12-4-9-19/h13-14H,2-12,19H2,1H3,(H,20,25). The predicted molar refractivity (Wildman–Crippen MR) is 95.3 cm³/mol. The number of piperidine rings is 1. The summed E-state index contributed by atoms with van der Waals surface area (Å²) < 4.78 is 5.76. The summed E-state index contributed by atoms with van der Waals surface area (Å²) >= 11 is 0. The normalized spacial score (nSPS) is 24.4. The number of carbonyl (C=O) groups is 3. The summed E-state index contributed by atoms with van der Waals surface area (Å²) in [5.41, 5.74) is 4.70. The van der Waals surface area contributed by atoms with Crippen LogP contribution in [-0.4, -0.2) is 71.6 Å². The van der Waals surface area contributed by atoms with Crippen molar-refractivity contribution in [2.75, 3.05) is 26.2 Å². The zero-order chi connectivity index (χ0) is 18.7. The van der Waals surface area contributed by atoms with E-state index in [1.165, 1.54) is 0 Å². The second-order valence-electron chi connectivity index (χ2n) is 7.61. The second kappa shape index (κ2) is 7.92. The Bertz CT molecular complexity index is 553. The monoisotopic (exact) mass is 366 g/mol. The molecule has 3 N–H and O–H groups in total. The van der Waals surface area contributed by atoms with Crippen LogP contribution in [0.5, 0.6) is 0 Å². The quantitative estimate of drug-likeness (QED) is 0.529. The Morgan fingerprint density at radius 2 is 1.96 bits per heavy atom. The van der Waals surface area contributed by atoms with E-state index in [2.05, 4.69) is 5.32 Å². The molecule has 26 heavy (non-hydrogen) atoms. The number of nitrogens with two attached hydrogens (primary N) is 1. The Hall–Kier alpha value is -1.67. The Morgan fingerprint density at radius 1 is 1.31 bits per heavy atom. The topological polar surface area (TPSA) is 105 Å². The summed E-state index contributed by atoms with van der Waals surface area (Å²) in [5, 5.41) is 2.84. The van der Waals surface area contributed by atoms with Crippen molar-refractivity contribution in [1.29, 1.82) is 0 Å². The lowest BCUT2D eigenvalue weighted by atomic mass is 9.97. The fourth-order valence-corrected chi connectivity index (χ4v) is 4.26. The first-order valence-electron chi connectivity index (χ1n) is 9.75. The molecule has 146 valence electrons. The van der Waals surface area contributed by atoms with Gasteiger partial charge < -0.3 is 20.7 Å². The van der Waals surface area contributed by atoms with E-state index in [0.29, 0.717) is 39.1 Å². The molecule has 1 unspecified atom stereocenters. The maximum Gasteiger partial charge on any atom is 0.325 e. The van der Waals surface area contributed by atoms with Crippen molar-refractivity contribution in [2.45, 2.75) is 69.6 Å². The molecule has 8 nitrogen and oxygen atoms in total. The summed E-state index contributed by atoms with van der Waals surface area (Å²) in [6.07, 6.45) is 5.73. The Balaban J connectivity index is 1.55. The maximum absolute atomic E-state index is 12.8. The fraction of sp³-hybridized carbons (Fsp3) is 0.833. The zero-order valence-electron chi connectivity index (χ0n) is 15.5. The van der Waals surface area contributed by atoms with Crippen LogP contribution in [0.1, 0.15) is 51.9 Å². The van der Waals surface area contributed by atoms with E-state index >= 15 is 0 Å². The maximum atomic E-state index is 12.8. The first-order chi connectivity index (χ1) is 12.5. The van der Waals surface area contributed by atoms with Crippen LogP contribution in [0.25, 0.3) is 0 Å². The number of hydrogen-bond donors (Lipinski definition) is 2. The van der Waals surface area contributed by atoms with Gasteiger partial charge in [-0.3, -0.25) is 9.59 Å². The lowest BCUT2D eigenvalue weighted by molar-refractivity contribution is -0.144. The van der Waals surface area contributed by atoms with Gasteiger partial charge in [-0.2, -0.15) is 0 Å². The molecule has 0 radical (unpaired) electrons. The first-order valence-corrected chi connectivity index (χ1v) is 9.75. The number of urea groups is 1. The molecule has 3 fully saturated rings. The Morgan fingerprint density at radius 3 is 2.58 bits per heavy atom. The molecule has 2 aliphatic heterocycles. The number of nitrogens with zero attached hydrogens (tertiary/aromatic N) is 2. The number of amides is 4. The van der Waals surface area contributed by atoms with Crippen molar-refractivity contribution < 1.29 is 19.1 Å². The highest BCUT2D eigenvalue weighted by Gasteiger charge is 2.54. The third-order valence-corrected chi connectivity index (χ3v) is 5.85. The summed E-state index contributed by atoms with van der Waals surface area (Å²) in [6.45, 7) is 4.09. The van der Waals surface area contributed by atoms with Gasteiger partial charge in [-0.1, -0.05) is 12.8 Å². The molecule has 2 saturated heterocycles. The van der Waals surface area contributed by atoms with Gasteiger partial charge in [-0.05, 0) is 45.6 Å². The third kappa shape index (κ3) is 3.57. The summed E-state index contributed by atoms with van der Waals surface area (Å²) in [7, 11) is 0. The lowest BCUT2D eigenvalue weighted by Gasteiger charge is -2.35.